The Kier molecular flexibility index (Phi) is 19.8. The van der Waals surface area contributed by atoms with Gasteiger partial charge in [0.05, 0.1) is 0 Å². The zero-order chi connectivity index (χ0) is 28.2. The molecule has 0 N–H and O–H groups in total. The van der Waals surface area contributed by atoms with Crippen LogP contribution in [0.5, 0.6) is 0 Å². The van der Waals surface area contributed by atoms with Crippen LogP contribution in [-0.2, 0) is 12.8 Å². The third-order valence-corrected chi connectivity index (χ3v) is 29.7. The van der Waals surface area contributed by atoms with Gasteiger partial charge in [-0.3, -0.25) is 0 Å². The summed E-state index contributed by atoms with van der Waals surface area (Å²) in [5, 5.41) is 2.48. The van der Waals surface area contributed by atoms with Crippen molar-refractivity contribution < 1.29 is 0 Å². The van der Waals surface area contributed by atoms with Crippen molar-refractivity contribution in [2.75, 3.05) is 0 Å². The molecule has 2 aromatic heterocycles. The first-order valence-electron chi connectivity index (χ1n) is 17.3. The molecule has 0 amide bonds. The van der Waals surface area contributed by atoms with Crippen LogP contribution in [-0.4, -0.2) is 18.4 Å². The fraction of sp³-hybridized carbons (Fsp3) is 0.778. The summed E-state index contributed by atoms with van der Waals surface area (Å²) < 4.78 is 6.81. The van der Waals surface area contributed by atoms with Crippen LogP contribution in [0.15, 0.2) is 17.5 Å². The van der Waals surface area contributed by atoms with E-state index in [2.05, 4.69) is 63.5 Å². The van der Waals surface area contributed by atoms with Crippen LogP contribution >= 0.6 is 22.7 Å². The van der Waals surface area contributed by atoms with Gasteiger partial charge in [0.25, 0.3) is 0 Å². The maximum atomic E-state index is 2.71. The minimum absolute atomic E-state index is 1.28. The Bertz CT molecular complexity index is 826. The van der Waals surface area contributed by atoms with Crippen LogP contribution in [0.25, 0.3) is 9.75 Å². The Morgan fingerprint density at radius 1 is 0.513 bits per heavy atom. The van der Waals surface area contributed by atoms with E-state index in [0.29, 0.717) is 0 Å². The monoisotopic (exact) mass is 680 g/mol. The van der Waals surface area contributed by atoms with Crippen molar-refractivity contribution in [2.24, 2.45) is 0 Å². The Hall–Kier alpha value is 0.199. The van der Waals surface area contributed by atoms with Gasteiger partial charge in [0.2, 0.25) is 0 Å². The normalized spacial score (nSPS) is 12.0. The molecule has 0 radical (unpaired) electrons. The van der Waals surface area contributed by atoms with Gasteiger partial charge in [0.15, 0.2) is 0 Å². The van der Waals surface area contributed by atoms with Crippen LogP contribution in [0.3, 0.4) is 0 Å². The van der Waals surface area contributed by atoms with Gasteiger partial charge in [-0.05, 0) is 0 Å². The molecule has 2 aromatic rings. The molecule has 0 aliphatic heterocycles. The summed E-state index contributed by atoms with van der Waals surface area (Å²) in [6, 6.07) is 5.28. The van der Waals surface area contributed by atoms with Crippen molar-refractivity contribution in [3.63, 3.8) is 0 Å². The molecule has 0 unspecified atom stereocenters. The van der Waals surface area contributed by atoms with E-state index < -0.39 is 18.4 Å². The summed E-state index contributed by atoms with van der Waals surface area (Å²) in [4.78, 5) is 3.19. The second kappa shape index (κ2) is 21.8. The van der Waals surface area contributed by atoms with Crippen molar-refractivity contribution in [2.45, 2.75) is 176 Å². The molecule has 3 heteroatoms. The summed E-state index contributed by atoms with van der Waals surface area (Å²) in [5.41, 5.74) is 3.41. The Morgan fingerprint density at radius 3 is 1.54 bits per heavy atom. The van der Waals surface area contributed by atoms with Gasteiger partial charge in [0.1, 0.15) is 0 Å². The minimum atomic E-state index is -2.44. The number of thiophene rings is 2. The van der Waals surface area contributed by atoms with E-state index in [1.165, 1.54) is 128 Å². The van der Waals surface area contributed by atoms with Crippen molar-refractivity contribution >= 4 is 43.9 Å². The first-order valence-corrected chi connectivity index (χ1v) is 26.5. The Labute approximate surface area is 257 Å². The summed E-state index contributed by atoms with van der Waals surface area (Å²) >= 11 is 1.89. The van der Waals surface area contributed by atoms with Gasteiger partial charge in [-0.2, -0.15) is 0 Å². The Morgan fingerprint density at radius 2 is 1.00 bits per heavy atom. The summed E-state index contributed by atoms with van der Waals surface area (Å²) in [6.45, 7) is 11.9. The van der Waals surface area contributed by atoms with E-state index in [1.807, 2.05) is 19.8 Å². The number of aryl methyl sites for hydroxylation is 2. The second-order valence-corrected chi connectivity index (χ2v) is 28.4. The molecule has 0 aromatic carbocycles. The molecule has 224 valence electrons. The van der Waals surface area contributed by atoms with Gasteiger partial charge < -0.3 is 0 Å². The first-order chi connectivity index (χ1) is 19.1. The number of hydrogen-bond acceptors (Lipinski definition) is 2. The van der Waals surface area contributed by atoms with Crippen molar-refractivity contribution in [1.82, 2.24) is 0 Å². The Balaban J connectivity index is 2.27. The molecule has 2 rings (SSSR count). The molecule has 0 saturated heterocycles. The van der Waals surface area contributed by atoms with Crippen LogP contribution in [0.1, 0.15) is 161 Å². The van der Waals surface area contributed by atoms with Gasteiger partial charge in [-0.1, -0.05) is 13.3 Å². The molecule has 39 heavy (non-hydrogen) atoms. The molecule has 0 nitrogen and oxygen atoms in total. The number of rotatable bonds is 25. The summed E-state index contributed by atoms with van der Waals surface area (Å²) in [5.74, 6) is 0. The van der Waals surface area contributed by atoms with Crippen LogP contribution in [0, 0.1) is 0 Å². The zero-order valence-electron chi connectivity index (χ0n) is 26.8. The number of unbranched alkanes of at least 4 members (excludes halogenated alkanes) is 13. The van der Waals surface area contributed by atoms with E-state index in [-0.39, 0.29) is 0 Å². The zero-order valence-corrected chi connectivity index (χ0v) is 31.3. The average molecular weight is 680 g/mol. The third-order valence-electron chi connectivity index (χ3n) is 8.83. The van der Waals surface area contributed by atoms with E-state index in [1.54, 1.807) is 28.6 Å². The predicted octanol–water partition coefficient (Wildman–Crippen LogP) is 13.3. The number of hydrogen-bond donors (Lipinski definition) is 0. The third kappa shape index (κ3) is 12.9. The van der Waals surface area contributed by atoms with Gasteiger partial charge in [-0.25, -0.2) is 0 Å². The van der Waals surface area contributed by atoms with E-state index >= 15 is 0 Å². The van der Waals surface area contributed by atoms with Crippen LogP contribution < -0.4 is 2.89 Å². The predicted molar refractivity (Wildman–Crippen MR) is 186 cm³/mol. The summed E-state index contributed by atoms with van der Waals surface area (Å²) in [7, 11) is 0. The SMILES string of the molecule is CCCCCCCCc1csc(-c2cc(CCCCCCCC)[c]([Sn]([CH2]CCC)([CH2]CCC)[CH2]CCC)s2)c1. The molecule has 0 aliphatic carbocycles. The molecular weight excluding hydrogens is 615 g/mol. The summed E-state index contributed by atoms with van der Waals surface area (Å²) in [6.07, 6.45) is 27.9. The van der Waals surface area contributed by atoms with Gasteiger partial charge in [0, 0.05) is 0 Å². The molecule has 0 fully saturated rings. The molecule has 0 bridgehead atoms. The maximum absolute atomic E-state index is 2.71. The van der Waals surface area contributed by atoms with Crippen molar-refractivity contribution in [1.29, 1.82) is 0 Å². The molecular formula is C36H64S2Sn. The molecule has 0 aliphatic rings. The standard InChI is InChI=1S/C24H37S2.3C4H9.Sn/c1-3-5-7-9-11-13-15-21-17-23(25-19-21)24-18-22(20-26-24)16-14-12-10-8-6-4-2;3*1-3-4-2;/h17-19H,3-16H2,1-2H3;3*1,3-4H2,2H3;. The molecule has 0 atom stereocenters. The van der Waals surface area contributed by atoms with E-state index in [0.717, 1.165) is 0 Å². The first kappa shape index (κ1) is 35.4. The van der Waals surface area contributed by atoms with Crippen LogP contribution in [0.4, 0.5) is 0 Å². The van der Waals surface area contributed by atoms with Crippen molar-refractivity contribution in [3.8, 4) is 9.75 Å². The fourth-order valence-electron chi connectivity index (χ4n) is 6.29. The van der Waals surface area contributed by atoms with E-state index in [4.69, 9.17) is 0 Å². The molecule has 2 heterocycles. The van der Waals surface area contributed by atoms with Gasteiger partial charge in [-0.15, -0.1) is 0 Å². The fourth-order valence-corrected chi connectivity index (χ4v) is 28.8. The van der Waals surface area contributed by atoms with E-state index in [9.17, 15) is 0 Å². The quantitative estimate of drug-likeness (QED) is 0.0724. The van der Waals surface area contributed by atoms with Crippen LogP contribution in [0.2, 0.25) is 13.3 Å². The second-order valence-electron chi connectivity index (χ2n) is 12.4. The molecule has 0 spiro atoms. The van der Waals surface area contributed by atoms with Crippen molar-refractivity contribution in [3.05, 3.63) is 28.6 Å². The topological polar surface area (TPSA) is 0 Å². The average Bonchev–Trinajstić information content (AvgIpc) is 3.60. The van der Waals surface area contributed by atoms with Gasteiger partial charge >= 0.3 is 245 Å². The molecule has 0 saturated carbocycles.